The van der Waals surface area contributed by atoms with Gasteiger partial charge in [0.15, 0.2) is 5.65 Å². The quantitative estimate of drug-likeness (QED) is 0.584. The van der Waals surface area contributed by atoms with Crippen LogP contribution < -0.4 is 0 Å². The van der Waals surface area contributed by atoms with Crippen molar-refractivity contribution in [3.63, 3.8) is 0 Å². The molecule has 4 rings (SSSR count). The molecule has 1 fully saturated rings. The minimum absolute atomic E-state index is 0.104. The molecule has 6 heteroatoms. The van der Waals surface area contributed by atoms with Crippen molar-refractivity contribution in [1.82, 2.24) is 19.5 Å². The van der Waals surface area contributed by atoms with E-state index in [4.69, 9.17) is 0 Å². The van der Waals surface area contributed by atoms with Crippen molar-refractivity contribution in [2.75, 3.05) is 13.1 Å². The number of hydrogen-bond acceptors (Lipinski definition) is 3. The van der Waals surface area contributed by atoms with E-state index in [2.05, 4.69) is 32.8 Å². The van der Waals surface area contributed by atoms with Crippen molar-refractivity contribution in [2.24, 2.45) is 0 Å². The van der Waals surface area contributed by atoms with E-state index in [1.165, 1.54) is 0 Å². The number of nitrogens with zero attached hydrogens (tertiary/aromatic N) is 4. The standard InChI is InChI=1S/C18H17IN4O/c19-15-7-3-5-13(11-15)18(24)22-9-4-6-14(12-22)17-21-20-16-8-1-2-10-23(16)17/h1-3,5,7-8,10-11,14H,4,6,9,12H2/t14-/m1/s1. The number of hydrogen-bond donors (Lipinski definition) is 0. The molecule has 1 amide bonds. The molecule has 1 aliphatic rings. The van der Waals surface area contributed by atoms with Crippen LogP contribution in [-0.2, 0) is 0 Å². The fourth-order valence-electron chi connectivity index (χ4n) is 3.31. The van der Waals surface area contributed by atoms with Crippen molar-refractivity contribution in [1.29, 1.82) is 0 Å². The summed E-state index contributed by atoms with van der Waals surface area (Å²) in [6.07, 6.45) is 4.01. The second-order valence-corrected chi connectivity index (χ2v) is 7.33. The van der Waals surface area contributed by atoms with Crippen LogP contribution in [0, 0.1) is 3.57 Å². The van der Waals surface area contributed by atoms with Gasteiger partial charge in [-0.2, -0.15) is 0 Å². The molecule has 1 aliphatic heterocycles. The number of halogens is 1. The minimum atomic E-state index is 0.104. The second kappa shape index (κ2) is 6.51. The highest BCUT2D eigenvalue weighted by atomic mass is 127. The fourth-order valence-corrected chi connectivity index (χ4v) is 3.86. The number of carbonyl (C=O) groups is 1. The van der Waals surface area contributed by atoms with Gasteiger partial charge in [-0.05, 0) is 65.8 Å². The van der Waals surface area contributed by atoms with Gasteiger partial charge in [-0.1, -0.05) is 12.1 Å². The molecule has 0 aliphatic carbocycles. The average molecular weight is 432 g/mol. The number of rotatable bonds is 2. The summed E-state index contributed by atoms with van der Waals surface area (Å²) in [6.45, 7) is 1.50. The molecular weight excluding hydrogens is 415 g/mol. The summed E-state index contributed by atoms with van der Waals surface area (Å²) < 4.78 is 3.11. The van der Waals surface area contributed by atoms with Crippen molar-refractivity contribution in [3.8, 4) is 0 Å². The molecule has 24 heavy (non-hydrogen) atoms. The van der Waals surface area contributed by atoms with Gasteiger partial charge in [0.25, 0.3) is 5.91 Å². The number of aromatic nitrogens is 3. The maximum Gasteiger partial charge on any atom is 0.253 e. The Hall–Kier alpha value is -1.96. The maximum atomic E-state index is 12.8. The van der Waals surface area contributed by atoms with Crippen molar-refractivity contribution >= 4 is 34.1 Å². The molecule has 122 valence electrons. The first-order chi connectivity index (χ1) is 11.7. The zero-order chi connectivity index (χ0) is 16.5. The van der Waals surface area contributed by atoms with E-state index in [1.54, 1.807) is 0 Å². The molecule has 0 N–H and O–H groups in total. The predicted molar refractivity (Wildman–Crippen MR) is 100 cm³/mol. The molecule has 0 unspecified atom stereocenters. The molecule has 0 spiro atoms. The van der Waals surface area contributed by atoms with E-state index in [1.807, 2.05) is 58.0 Å². The van der Waals surface area contributed by atoms with Crippen LogP contribution in [0.4, 0.5) is 0 Å². The zero-order valence-corrected chi connectivity index (χ0v) is 15.3. The lowest BCUT2D eigenvalue weighted by Gasteiger charge is -2.32. The van der Waals surface area contributed by atoms with Crippen LogP contribution in [0.1, 0.15) is 34.9 Å². The van der Waals surface area contributed by atoms with Crippen LogP contribution in [0.2, 0.25) is 0 Å². The van der Waals surface area contributed by atoms with Crippen LogP contribution >= 0.6 is 22.6 Å². The number of carbonyl (C=O) groups excluding carboxylic acids is 1. The summed E-state index contributed by atoms with van der Waals surface area (Å²) >= 11 is 2.24. The fraction of sp³-hybridized carbons (Fsp3) is 0.278. The van der Waals surface area contributed by atoms with Gasteiger partial charge in [-0.25, -0.2) is 0 Å². The molecule has 1 aromatic carbocycles. The van der Waals surface area contributed by atoms with Gasteiger partial charge in [-0.15, -0.1) is 10.2 Å². The predicted octanol–water partition coefficient (Wildman–Crippen LogP) is 3.35. The maximum absolute atomic E-state index is 12.8. The highest BCUT2D eigenvalue weighted by molar-refractivity contribution is 14.1. The number of benzene rings is 1. The lowest BCUT2D eigenvalue weighted by Crippen LogP contribution is -2.39. The van der Waals surface area contributed by atoms with Crippen LogP contribution in [0.15, 0.2) is 48.7 Å². The summed E-state index contributed by atoms with van der Waals surface area (Å²) in [5.41, 5.74) is 1.61. The third kappa shape index (κ3) is 2.90. The minimum Gasteiger partial charge on any atom is -0.338 e. The number of piperidine rings is 1. The second-order valence-electron chi connectivity index (χ2n) is 6.09. The lowest BCUT2D eigenvalue weighted by molar-refractivity contribution is 0.0704. The third-order valence-electron chi connectivity index (χ3n) is 4.49. The van der Waals surface area contributed by atoms with Crippen LogP contribution in [0.3, 0.4) is 0 Å². The van der Waals surface area contributed by atoms with E-state index in [0.717, 1.165) is 40.0 Å². The number of pyridine rings is 1. The molecule has 0 radical (unpaired) electrons. The largest absolute Gasteiger partial charge is 0.338 e. The van der Waals surface area contributed by atoms with Gasteiger partial charge >= 0.3 is 0 Å². The van der Waals surface area contributed by atoms with Gasteiger partial charge in [-0.3, -0.25) is 9.20 Å². The molecule has 3 aromatic rings. The van der Waals surface area contributed by atoms with Crippen molar-refractivity contribution < 1.29 is 4.79 Å². The average Bonchev–Trinajstić information content (AvgIpc) is 3.05. The topological polar surface area (TPSA) is 50.5 Å². The molecule has 2 aromatic heterocycles. The zero-order valence-electron chi connectivity index (χ0n) is 13.1. The SMILES string of the molecule is O=C(c1cccc(I)c1)N1CCC[C@@H](c2nnc3ccccn23)C1. The van der Waals surface area contributed by atoms with E-state index in [9.17, 15) is 4.79 Å². The van der Waals surface area contributed by atoms with Crippen LogP contribution in [0.25, 0.3) is 5.65 Å². The van der Waals surface area contributed by atoms with E-state index >= 15 is 0 Å². The third-order valence-corrected chi connectivity index (χ3v) is 5.16. The molecule has 1 atom stereocenters. The van der Waals surface area contributed by atoms with Crippen molar-refractivity contribution in [3.05, 3.63) is 63.6 Å². The molecule has 3 heterocycles. The Bertz CT molecular complexity index is 891. The first-order valence-electron chi connectivity index (χ1n) is 8.07. The normalized spacial score (nSPS) is 18.0. The van der Waals surface area contributed by atoms with E-state index in [-0.39, 0.29) is 11.8 Å². The Labute approximate surface area is 153 Å². The van der Waals surface area contributed by atoms with Crippen LogP contribution in [-0.4, -0.2) is 38.5 Å². The lowest BCUT2D eigenvalue weighted by atomic mass is 9.96. The van der Waals surface area contributed by atoms with E-state index in [0.29, 0.717) is 6.54 Å². The first kappa shape index (κ1) is 15.6. The summed E-state index contributed by atoms with van der Waals surface area (Å²) in [5, 5.41) is 8.62. The summed E-state index contributed by atoms with van der Waals surface area (Å²) in [5.74, 6) is 1.28. The Morgan fingerprint density at radius 1 is 1.17 bits per heavy atom. The summed E-state index contributed by atoms with van der Waals surface area (Å²) in [4.78, 5) is 14.8. The Morgan fingerprint density at radius 3 is 2.96 bits per heavy atom. The molecule has 5 nitrogen and oxygen atoms in total. The highest BCUT2D eigenvalue weighted by Gasteiger charge is 2.28. The number of fused-ring (bicyclic) bond motifs is 1. The van der Waals surface area contributed by atoms with Gasteiger partial charge in [0.05, 0.1) is 0 Å². The molecular formula is C18H17IN4O. The molecule has 0 saturated carbocycles. The van der Waals surface area contributed by atoms with E-state index < -0.39 is 0 Å². The first-order valence-corrected chi connectivity index (χ1v) is 9.15. The van der Waals surface area contributed by atoms with Crippen LogP contribution in [0.5, 0.6) is 0 Å². The molecule has 0 bridgehead atoms. The van der Waals surface area contributed by atoms with Gasteiger partial charge in [0.2, 0.25) is 0 Å². The molecule has 1 saturated heterocycles. The highest BCUT2D eigenvalue weighted by Crippen LogP contribution is 2.27. The number of amides is 1. The van der Waals surface area contributed by atoms with Crippen molar-refractivity contribution in [2.45, 2.75) is 18.8 Å². The van der Waals surface area contributed by atoms with Gasteiger partial charge in [0, 0.05) is 34.3 Å². The number of likely N-dealkylation sites (tertiary alicyclic amines) is 1. The smallest absolute Gasteiger partial charge is 0.253 e. The van der Waals surface area contributed by atoms with Gasteiger partial charge < -0.3 is 4.90 Å². The summed E-state index contributed by atoms with van der Waals surface area (Å²) in [7, 11) is 0. The Morgan fingerprint density at radius 2 is 2.08 bits per heavy atom. The Kier molecular flexibility index (Phi) is 4.22. The Balaban J connectivity index is 1.59. The van der Waals surface area contributed by atoms with Gasteiger partial charge in [0.1, 0.15) is 5.82 Å². The monoisotopic (exact) mass is 432 g/mol. The summed E-state index contributed by atoms with van der Waals surface area (Å²) in [6, 6.07) is 13.7.